The van der Waals surface area contributed by atoms with Crippen LogP contribution in [0, 0.1) is 6.92 Å². The summed E-state index contributed by atoms with van der Waals surface area (Å²) >= 11 is 0. The molecule has 0 unspecified atom stereocenters. The van der Waals surface area contributed by atoms with Gasteiger partial charge in [-0.2, -0.15) is 0 Å². The SMILES string of the molecule is Cc1c2cc[nH]c(=O)c2cc2c1[nH]c1ccc(OCc3ccccc3)cc12. The zero-order chi connectivity index (χ0) is 18.4. The molecule has 0 fully saturated rings. The molecule has 2 heterocycles. The van der Waals surface area contributed by atoms with Crippen molar-refractivity contribution in [3.05, 3.63) is 88.3 Å². The maximum atomic E-state index is 12.3. The monoisotopic (exact) mass is 354 g/mol. The van der Waals surface area contributed by atoms with Crippen LogP contribution in [0.1, 0.15) is 11.1 Å². The topological polar surface area (TPSA) is 57.9 Å². The molecule has 3 aromatic carbocycles. The number of aromatic nitrogens is 2. The van der Waals surface area contributed by atoms with Crippen LogP contribution in [0.4, 0.5) is 0 Å². The molecule has 132 valence electrons. The number of hydrogen-bond donors (Lipinski definition) is 2. The Morgan fingerprint density at radius 2 is 1.74 bits per heavy atom. The number of pyridine rings is 1. The highest BCUT2D eigenvalue weighted by molar-refractivity contribution is 6.13. The van der Waals surface area contributed by atoms with Crippen LogP contribution in [-0.4, -0.2) is 9.97 Å². The molecule has 2 N–H and O–H groups in total. The molecule has 0 saturated carbocycles. The first-order valence-corrected chi connectivity index (χ1v) is 8.94. The van der Waals surface area contributed by atoms with E-state index in [0.29, 0.717) is 12.0 Å². The van der Waals surface area contributed by atoms with Crippen molar-refractivity contribution in [3.8, 4) is 5.75 Å². The van der Waals surface area contributed by atoms with Crippen molar-refractivity contribution in [2.75, 3.05) is 0 Å². The van der Waals surface area contributed by atoms with Crippen LogP contribution < -0.4 is 10.3 Å². The van der Waals surface area contributed by atoms with Crippen molar-refractivity contribution in [3.63, 3.8) is 0 Å². The Hall–Kier alpha value is -3.53. The fraction of sp³-hybridized carbons (Fsp3) is 0.0870. The molecule has 0 amide bonds. The van der Waals surface area contributed by atoms with Gasteiger partial charge in [0, 0.05) is 27.9 Å². The number of aryl methyl sites for hydroxylation is 1. The Balaban J connectivity index is 1.65. The largest absolute Gasteiger partial charge is 0.489 e. The molecule has 0 bridgehead atoms. The molecule has 2 aromatic heterocycles. The molecule has 27 heavy (non-hydrogen) atoms. The zero-order valence-corrected chi connectivity index (χ0v) is 14.9. The fourth-order valence-corrected chi connectivity index (χ4v) is 3.71. The van der Waals surface area contributed by atoms with E-state index in [2.05, 4.69) is 9.97 Å². The molecule has 0 aliphatic heterocycles. The Morgan fingerprint density at radius 1 is 0.889 bits per heavy atom. The van der Waals surface area contributed by atoms with Crippen LogP contribution >= 0.6 is 0 Å². The minimum absolute atomic E-state index is 0.0664. The Kier molecular flexibility index (Phi) is 3.50. The summed E-state index contributed by atoms with van der Waals surface area (Å²) in [6.07, 6.45) is 1.70. The van der Waals surface area contributed by atoms with Crippen molar-refractivity contribution in [2.45, 2.75) is 13.5 Å². The second kappa shape index (κ2) is 6.02. The third-order valence-corrected chi connectivity index (χ3v) is 5.13. The van der Waals surface area contributed by atoms with Gasteiger partial charge in [-0.25, -0.2) is 0 Å². The zero-order valence-electron chi connectivity index (χ0n) is 14.9. The molecule has 5 aromatic rings. The number of nitrogens with one attached hydrogen (secondary N) is 2. The maximum absolute atomic E-state index is 12.3. The average Bonchev–Trinajstić information content (AvgIpc) is 3.07. The molecular weight excluding hydrogens is 336 g/mol. The Labute approximate surface area is 155 Å². The van der Waals surface area contributed by atoms with E-state index >= 15 is 0 Å². The predicted octanol–water partition coefficient (Wildman–Crippen LogP) is 5.05. The van der Waals surface area contributed by atoms with E-state index in [4.69, 9.17) is 4.74 Å². The number of rotatable bonds is 3. The number of H-pyrrole nitrogens is 2. The van der Waals surface area contributed by atoms with E-state index in [1.54, 1.807) is 6.20 Å². The fourth-order valence-electron chi connectivity index (χ4n) is 3.71. The van der Waals surface area contributed by atoms with Gasteiger partial charge in [0.25, 0.3) is 5.56 Å². The quantitative estimate of drug-likeness (QED) is 0.476. The van der Waals surface area contributed by atoms with E-state index in [-0.39, 0.29) is 5.56 Å². The van der Waals surface area contributed by atoms with Gasteiger partial charge < -0.3 is 14.7 Å². The molecule has 0 saturated heterocycles. The summed E-state index contributed by atoms with van der Waals surface area (Å²) in [5.74, 6) is 0.812. The van der Waals surface area contributed by atoms with E-state index in [9.17, 15) is 4.79 Å². The first-order valence-electron chi connectivity index (χ1n) is 8.94. The first kappa shape index (κ1) is 15.7. The standard InChI is InChI=1S/C23H18N2O2/c1-14-17-9-10-24-23(26)20(17)12-19-18-11-16(7-8-21(18)25-22(14)19)27-13-15-5-3-2-4-6-15/h2-12,25H,13H2,1H3,(H,24,26). The van der Waals surface area contributed by atoms with Crippen LogP contribution in [0.5, 0.6) is 5.75 Å². The number of ether oxygens (including phenoxy) is 1. The summed E-state index contributed by atoms with van der Waals surface area (Å²) in [6.45, 7) is 2.57. The summed E-state index contributed by atoms with van der Waals surface area (Å²) < 4.78 is 5.98. The summed E-state index contributed by atoms with van der Waals surface area (Å²) in [7, 11) is 0. The third-order valence-electron chi connectivity index (χ3n) is 5.13. The smallest absolute Gasteiger partial charge is 0.255 e. The van der Waals surface area contributed by atoms with Crippen molar-refractivity contribution >= 4 is 32.6 Å². The average molecular weight is 354 g/mol. The number of fused-ring (bicyclic) bond motifs is 4. The summed E-state index contributed by atoms with van der Waals surface area (Å²) in [5.41, 5.74) is 4.24. The second-order valence-electron chi connectivity index (χ2n) is 6.80. The Morgan fingerprint density at radius 3 is 2.59 bits per heavy atom. The number of aromatic amines is 2. The predicted molar refractivity (Wildman–Crippen MR) is 109 cm³/mol. The number of benzene rings is 3. The lowest BCUT2D eigenvalue weighted by Gasteiger charge is -2.06. The normalized spacial score (nSPS) is 11.4. The number of hydrogen-bond acceptors (Lipinski definition) is 2. The lowest BCUT2D eigenvalue weighted by Crippen LogP contribution is -2.04. The second-order valence-corrected chi connectivity index (χ2v) is 6.80. The van der Waals surface area contributed by atoms with Gasteiger partial charge in [0.2, 0.25) is 0 Å². The van der Waals surface area contributed by atoms with Crippen molar-refractivity contribution < 1.29 is 4.74 Å². The van der Waals surface area contributed by atoms with Crippen LogP contribution in [0.25, 0.3) is 32.6 Å². The van der Waals surface area contributed by atoms with E-state index in [1.165, 1.54) is 0 Å². The van der Waals surface area contributed by atoms with Crippen molar-refractivity contribution in [1.29, 1.82) is 0 Å². The molecule has 0 spiro atoms. The van der Waals surface area contributed by atoms with E-state index in [1.807, 2.05) is 67.6 Å². The van der Waals surface area contributed by atoms with Gasteiger partial charge in [-0.15, -0.1) is 0 Å². The van der Waals surface area contributed by atoms with Gasteiger partial charge >= 0.3 is 0 Å². The van der Waals surface area contributed by atoms with E-state index in [0.717, 1.165) is 44.1 Å². The highest BCUT2D eigenvalue weighted by atomic mass is 16.5. The molecule has 0 aliphatic carbocycles. The lowest BCUT2D eigenvalue weighted by atomic mass is 10.0. The molecule has 0 aliphatic rings. The van der Waals surface area contributed by atoms with Crippen LogP contribution in [0.3, 0.4) is 0 Å². The molecular formula is C23H18N2O2. The summed E-state index contributed by atoms with van der Waals surface area (Å²) in [4.78, 5) is 18.5. The highest BCUT2D eigenvalue weighted by Gasteiger charge is 2.12. The molecule has 0 radical (unpaired) electrons. The maximum Gasteiger partial charge on any atom is 0.255 e. The molecule has 4 nitrogen and oxygen atoms in total. The molecule has 4 heteroatoms. The van der Waals surface area contributed by atoms with Crippen LogP contribution in [-0.2, 0) is 6.61 Å². The van der Waals surface area contributed by atoms with E-state index < -0.39 is 0 Å². The van der Waals surface area contributed by atoms with Gasteiger partial charge in [-0.3, -0.25) is 4.79 Å². The third kappa shape index (κ3) is 2.57. The Bertz CT molecular complexity index is 1350. The van der Waals surface area contributed by atoms with Crippen LogP contribution in [0.15, 0.2) is 71.7 Å². The van der Waals surface area contributed by atoms with Gasteiger partial charge in [-0.05, 0) is 53.8 Å². The molecule has 0 atom stereocenters. The van der Waals surface area contributed by atoms with Gasteiger partial charge in [0.15, 0.2) is 0 Å². The minimum Gasteiger partial charge on any atom is -0.489 e. The summed E-state index contributed by atoms with van der Waals surface area (Å²) in [6, 6.07) is 20.1. The van der Waals surface area contributed by atoms with Gasteiger partial charge in [0.05, 0.1) is 5.52 Å². The van der Waals surface area contributed by atoms with Gasteiger partial charge in [-0.1, -0.05) is 30.3 Å². The van der Waals surface area contributed by atoms with Crippen molar-refractivity contribution in [2.24, 2.45) is 0 Å². The van der Waals surface area contributed by atoms with Gasteiger partial charge in [0.1, 0.15) is 12.4 Å². The van der Waals surface area contributed by atoms with Crippen molar-refractivity contribution in [1.82, 2.24) is 9.97 Å². The molecule has 5 rings (SSSR count). The lowest BCUT2D eigenvalue weighted by molar-refractivity contribution is 0.306. The highest BCUT2D eigenvalue weighted by Crippen LogP contribution is 2.33. The summed E-state index contributed by atoms with van der Waals surface area (Å²) in [5, 5.41) is 3.78. The first-order chi connectivity index (χ1) is 13.2. The minimum atomic E-state index is -0.0664. The van der Waals surface area contributed by atoms with Crippen LogP contribution in [0.2, 0.25) is 0 Å².